The third kappa shape index (κ3) is 0.969. The van der Waals surface area contributed by atoms with Crippen molar-refractivity contribution in [1.82, 2.24) is 0 Å². The van der Waals surface area contributed by atoms with Crippen LogP contribution in [0.5, 0.6) is 0 Å². The maximum Gasteiger partial charge on any atom is 0.189 e. The molecular formula is C5H8OS. The molecule has 40 valence electrons. The Balaban J connectivity index is 2.33. The highest BCUT2D eigenvalue weighted by atomic mass is 32.1. The van der Waals surface area contributed by atoms with E-state index in [4.69, 9.17) is 0 Å². The lowest BCUT2D eigenvalue weighted by atomic mass is 10.4. The summed E-state index contributed by atoms with van der Waals surface area (Å²) in [6.07, 6.45) is 1.06. The molecule has 0 aromatic heterocycles. The van der Waals surface area contributed by atoms with E-state index in [1.807, 2.05) is 0 Å². The quantitative estimate of drug-likeness (QED) is 0.508. The summed E-state index contributed by atoms with van der Waals surface area (Å²) < 4.78 is 0. The van der Waals surface area contributed by atoms with Crippen molar-refractivity contribution in [3.63, 3.8) is 0 Å². The lowest BCUT2D eigenvalue weighted by molar-refractivity contribution is -0.112. The molecule has 0 saturated heterocycles. The van der Waals surface area contributed by atoms with Crippen LogP contribution in [0.1, 0.15) is 13.3 Å². The molecule has 0 aromatic carbocycles. The lowest BCUT2D eigenvalue weighted by Gasteiger charge is -1.79. The van der Waals surface area contributed by atoms with E-state index in [2.05, 4.69) is 19.6 Å². The standard InChI is InChI=1S/C5H8OS/c1-3-2-4(3)5(6)7/h3-4H,2H2,1H3,(H,6,7)/t3-,4+/m0/s1. The number of hydrogen-bond donors (Lipinski definition) is 1. The largest absolute Gasteiger partial charge is 0.287 e. The molecule has 1 rings (SSSR count). The Morgan fingerprint density at radius 3 is 2.29 bits per heavy atom. The van der Waals surface area contributed by atoms with E-state index in [0.29, 0.717) is 11.8 Å². The van der Waals surface area contributed by atoms with Gasteiger partial charge in [-0.25, -0.2) is 0 Å². The first-order chi connectivity index (χ1) is 3.22. The highest BCUT2D eigenvalue weighted by Gasteiger charge is 2.36. The van der Waals surface area contributed by atoms with Crippen LogP contribution in [0, 0.1) is 11.8 Å². The van der Waals surface area contributed by atoms with Gasteiger partial charge in [-0.15, -0.1) is 12.6 Å². The van der Waals surface area contributed by atoms with Crippen molar-refractivity contribution in [2.24, 2.45) is 11.8 Å². The van der Waals surface area contributed by atoms with Gasteiger partial charge in [-0.3, -0.25) is 4.79 Å². The van der Waals surface area contributed by atoms with Gasteiger partial charge >= 0.3 is 0 Å². The predicted octanol–water partition coefficient (Wildman–Crippen LogP) is 1.10. The van der Waals surface area contributed by atoms with E-state index in [1.165, 1.54) is 0 Å². The van der Waals surface area contributed by atoms with Crippen LogP contribution in [0.2, 0.25) is 0 Å². The molecule has 0 heterocycles. The smallest absolute Gasteiger partial charge is 0.189 e. The fourth-order valence-corrected chi connectivity index (χ4v) is 1.03. The van der Waals surface area contributed by atoms with Crippen LogP contribution < -0.4 is 0 Å². The Labute approximate surface area is 48.5 Å². The number of rotatable bonds is 1. The van der Waals surface area contributed by atoms with Crippen molar-refractivity contribution in [3.05, 3.63) is 0 Å². The molecule has 2 heteroatoms. The minimum atomic E-state index is 0.0625. The molecule has 0 unspecified atom stereocenters. The first-order valence-corrected chi connectivity index (χ1v) is 2.89. The van der Waals surface area contributed by atoms with Gasteiger partial charge in [0.1, 0.15) is 0 Å². The van der Waals surface area contributed by atoms with Crippen LogP contribution in [0.15, 0.2) is 0 Å². The molecule has 0 radical (unpaired) electrons. The van der Waals surface area contributed by atoms with Crippen LogP contribution in [0.3, 0.4) is 0 Å². The Kier molecular flexibility index (Phi) is 1.11. The molecule has 0 aromatic rings. The van der Waals surface area contributed by atoms with Crippen molar-refractivity contribution < 1.29 is 4.79 Å². The maximum atomic E-state index is 10.3. The van der Waals surface area contributed by atoms with Gasteiger partial charge in [0.25, 0.3) is 0 Å². The van der Waals surface area contributed by atoms with Gasteiger partial charge < -0.3 is 0 Å². The molecule has 2 atom stereocenters. The topological polar surface area (TPSA) is 17.1 Å². The minimum absolute atomic E-state index is 0.0625. The minimum Gasteiger partial charge on any atom is -0.287 e. The number of hydrogen-bond acceptors (Lipinski definition) is 1. The summed E-state index contributed by atoms with van der Waals surface area (Å²) in [4.78, 5) is 10.3. The highest BCUT2D eigenvalue weighted by molar-refractivity contribution is 7.96. The number of thiol groups is 1. The zero-order chi connectivity index (χ0) is 5.44. The van der Waals surface area contributed by atoms with Crippen molar-refractivity contribution in [2.75, 3.05) is 0 Å². The monoisotopic (exact) mass is 116 g/mol. The fraction of sp³-hybridized carbons (Fsp3) is 0.800. The number of carbonyl (C=O) groups is 1. The van der Waals surface area contributed by atoms with E-state index in [9.17, 15) is 4.79 Å². The average Bonchev–Trinajstić information content (AvgIpc) is 2.17. The summed E-state index contributed by atoms with van der Waals surface area (Å²) in [5.41, 5.74) is 0. The van der Waals surface area contributed by atoms with Crippen LogP contribution in [0.25, 0.3) is 0 Å². The summed E-state index contributed by atoms with van der Waals surface area (Å²) in [5.74, 6) is 0.910. The van der Waals surface area contributed by atoms with Crippen LogP contribution in [0.4, 0.5) is 0 Å². The van der Waals surface area contributed by atoms with Gasteiger partial charge in [0.15, 0.2) is 5.12 Å². The van der Waals surface area contributed by atoms with Gasteiger partial charge in [-0.2, -0.15) is 0 Å². The molecule has 0 N–H and O–H groups in total. The molecule has 7 heavy (non-hydrogen) atoms. The molecule has 0 spiro atoms. The molecule has 1 fully saturated rings. The van der Waals surface area contributed by atoms with E-state index in [0.717, 1.165) is 6.42 Å². The van der Waals surface area contributed by atoms with Crippen molar-refractivity contribution in [1.29, 1.82) is 0 Å². The fourth-order valence-electron chi connectivity index (χ4n) is 0.666. The third-order valence-corrected chi connectivity index (χ3v) is 1.76. The summed E-state index contributed by atoms with van der Waals surface area (Å²) in [6.45, 7) is 2.07. The van der Waals surface area contributed by atoms with Crippen molar-refractivity contribution in [2.45, 2.75) is 13.3 Å². The van der Waals surface area contributed by atoms with Gasteiger partial charge in [0.2, 0.25) is 0 Å². The molecule has 1 nitrogen and oxygen atoms in total. The van der Waals surface area contributed by atoms with Crippen LogP contribution >= 0.6 is 12.6 Å². The van der Waals surface area contributed by atoms with E-state index in [-0.39, 0.29) is 5.12 Å². The summed E-state index contributed by atoms with van der Waals surface area (Å²) in [7, 11) is 0. The molecule has 0 amide bonds. The molecule has 1 aliphatic carbocycles. The second-order valence-electron chi connectivity index (χ2n) is 2.16. The second-order valence-corrected chi connectivity index (χ2v) is 2.60. The van der Waals surface area contributed by atoms with Crippen LogP contribution in [-0.2, 0) is 4.79 Å². The average molecular weight is 116 g/mol. The first kappa shape index (κ1) is 5.16. The maximum absolute atomic E-state index is 10.3. The number of carbonyl (C=O) groups excluding carboxylic acids is 1. The molecule has 0 aliphatic heterocycles. The zero-order valence-corrected chi connectivity index (χ0v) is 5.11. The molecule has 1 aliphatic rings. The Hall–Kier alpha value is 0.0200. The summed E-state index contributed by atoms with van der Waals surface area (Å²) >= 11 is 3.68. The van der Waals surface area contributed by atoms with Gasteiger partial charge in [0, 0.05) is 5.92 Å². The summed E-state index contributed by atoms with van der Waals surface area (Å²) in [6, 6.07) is 0. The van der Waals surface area contributed by atoms with E-state index in [1.54, 1.807) is 0 Å². The van der Waals surface area contributed by atoms with Crippen molar-refractivity contribution >= 4 is 17.7 Å². The molecule has 1 saturated carbocycles. The predicted molar refractivity (Wildman–Crippen MR) is 31.3 cm³/mol. The lowest BCUT2D eigenvalue weighted by Crippen LogP contribution is -1.88. The Morgan fingerprint density at radius 2 is 2.29 bits per heavy atom. The van der Waals surface area contributed by atoms with Crippen LogP contribution in [-0.4, -0.2) is 5.12 Å². The highest BCUT2D eigenvalue weighted by Crippen LogP contribution is 2.38. The molecular weight excluding hydrogens is 108 g/mol. The normalized spacial score (nSPS) is 38.0. The zero-order valence-electron chi connectivity index (χ0n) is 4.22. The van der Waals surface area contributed by atoms with E-state index >= 15 is 0 Å². The summed E-state index contributed by atoms with van der Waals surface area (Å²) in [5, 5.41) is 0.0625. The van der Waals surface area contributed by atoms with E-state index < -0.39 is 0 Å². The Bertz CT molecular complexity index is 100. The van der Waals surface area contributed by atoms with Gasteiger partial charge in [-0.05, 0) is 12.3 Å². The van der Waals surface area contributed by atoms with Gasteiger partial charge in [-0.1, -0.05) is 6.92 Å². The molecule has 0 bridgehead atoms. The first-order valence-electron chi connectivity index (χ1n) is 2.44. The second kappa shape index (κ2) is 1.51. The van der Waals surface area contributed by atoms with Crippen molar-refractivity contribution in [3.8, 4) is 0 Å². The SMILES string of the molecule is C[C@H]1C[C@H]1C(=O)S. The van der Waals surface area contributed by atoms with Gasteiger partial charge in [0.05, 0.1) is 0 Å². The third-order valence-electron chi connectivity index (χ3n) is 1.43. The Morgan fingerprint density at radius 1 is 1.86 bits per heavy atom.